The van der Waals surface area contributed by atoms with Gasteiger partial charge in [0.15, 0.2) is 15.4 Å². The minimum atomic E-state index is -3.24. The van der Waals surface area contributed by atoms with E-state index >= 15 is 0 Å². The maximum absolute atomic E-state index is 11.4. The van der Waals surface area contributed by atoms with Gasteiger partial charge in [-0.05, 0) is 35.7 Å². The van der Waals surface area contributed by atoms with Crippen LogP contribution in [0.25, 0.3) is 11.1 Å². The molecule has 2 aromatic rings. The van der Waals surface area contributed by atoms with Gasteiger partial charge in [0.2, 0.25) is 0 Å². The van der Waals surface area contributed by atoms with Crippen LogP contribution in [0.4, 0.5) is 0 Å². The first kappa shape index (κ1) is 16.2. The van der Waals surface area contributed by atoms with E-state index in [0.29, 0.717) is 0 Å². The molecule has 5 nitrogen and oxygen atoms in total. The molecular formula is C16H16O5S. The molecule has 6 heteroatoms. The van der Waals surface area contributed by atoms with E-state index in [9.17, 15) is 18.3 Å². The van der Waals surface area contributed by atoms with Crippen LogP contribution in [0.1, 0.15) is 12.5 Å². The number of sulfone groups is 1. The Morgan fingerprint density at radius 3 is 1.73 bits per heavy atom. The lowest BCUT2D eigenvalue weighted by Crippen LogP contribution is -2.31. The average molecular weight is 320 g/mol. The molecular weight excluding hydrogens is 304 g/mol. The van der Waals surface area contributed by atoms with Gasteiger partial charge in [-0.1, -0.05) is 36.4 Å². The summed E-state index contributed by atoms with van der Waals surface area (Å²) in [6, 6.07) is 12.8. The van der Waals surface area contributed by atoms with E-state index in [0.717, 1.165) is 17.4 Å². The topological polar surface area (TPSA) is 91.7 Å². The molecule has 0 radical (unpaired) electrons. The van der Waals surface area contributed by atoms with E-state index in [1.54, 1.807) is 24.3 Å². The number of hydrogen-bond acceptors (Lipinski definition) is 4. The van der Waals surface area contributed by atoms with Gasteiger partial charge < -0.3 is 10.2 Å². The summed E-state index contributed by atoms with van der Waals surface area (Å²) in [4.78, 5) is 11.2. The number of aliphatic carboxylic acids is 1. The van der Waals surface area contributed by atoms with E-state index in [1.165, 1.54) is 31.2 Å². The van der Waals surface area contributed by atoms with Gasteiger partial charge in [0, 0.05) is 6.26 Å². The first-order chi connectivity index (χ1) is 10.1. The maximum Gasteiger partial charge on any atom is 0.340 e. The molecule has 0 spiro atoms. The minimum Gasteiger partial charge on any atom is -0.479 e. The van der Waals surface area contributed by atoms with Gasteiger partial charge in [-0.25, -0.2) is 13.2 Å². The van der Waals surface area contributed by atoms with Crippen molar-refractivity contribution >= 4 is 15.8 Å². The standard InChI is InChI=1S/C16H16O5S/c1-16(19,15(17)18)13-7-3-11(4-8-13)12-5-9-14(10-6-12)22(2,20)21/h3-10,19H,1-2H3,(H,17,18). The number of carboxylic acids is 1. The van der Waals surface area contributed by atoms with Crippen LogP contribution in [0, 0.1) is 0 Å². The van der Waals surface area contributed by atoms with Crippen molar-refractivity contribution in [1.82, 2.24) is 0 Å². The summed E-state index contributed by atoms with van der Waals surface area (Å²) in [5, 5.41) is 18.9. The highest BCUT2D eigenvalue weighted by atomic mass is 32.2. The summed E-state index contributed by atoms with van der Waals surface area (Å²) >= 11 is 0. The monoisotopic (exact) mass is 320 g/mol. The number of carboxylic acid groups (broad SMARTS) is 1. The third-order valence-corrected chi connectivity index (χ3v) is 4.61. The van der Waals surface area contributed by atoms with Crippen molar-refractivity contribution in [3.63, 3.8) is 0 Å². The summed E-state index contributed by atoms with van der Waals surface area (Å²) in [5.41, 5.74) is -0.0750. The largest absolute Gasteiger partial charge is 0.479 e. The Hall–Kier alpha value is -2.18. The Morgan fingerprint density at radius 2 is 1.36 bits per heavy atom. The van der Waals surface area contributed by atoms with Crippen molar-refractivity contribution in [2.24, 2.45) is 0 Å². The molecule has 0 aliphatic rings. The summed E-state index contributed by atoms with van der Waals surface area (Å²) in [5.74, 6) is -1.32. The van der Waals surface area contributed by atoms with E-state index in [1.807, 2.05) is 0 Å². The Kier molecular flexibility index (Phi) is 4.08. The van der Waals surface area contributed by atoms with Crippen molar-refractivity contribution in [3.8, 4) is 11.1 Å². The van der Waals surface area contributed by atoms with Crippen molar-refractivity contribution in [2.75, 3.05) is 6.26 Å². The van der Waals surface area contributed by atoms with Crippen LogP contribution < -0.4 is 0 Å². The van der Waals surface area contributed by atoms with Gasteiger partial charge in [-0.15, -0.1) is 0 Å². The van der Waals surface area contributed by atoms with Crippen molar-refractivity contribution < 1.29 is 23.4 Å². The lowest BCUT2D eigenvalue weighted by Gasteiger charge is -2.18. The molecule has 0 saturated carbocycles. The number of aliphatic hydroxyl groups is 1. The number of rotatable bonds is 4. The highest BCUT2D eigenvalue weighted by molar-refractivity contribution is 7.90. The predicted octanol–water partition coefficient (Wildman–Crippen LogP) is 2.05. The second-order valence-electron chi connectivity index (χ2n) is 5.25. The average Bonchev–Trinajstić information content (AvgIpc) is 2.46. The van der Waals surface area contributed by atoms with Crippen LogP contribution in [-0.4, -0.2) is 30.9 Å². The molecule has 1 unspecified atom stereocenters. The molecule has 2 aromatic carbocycles. The Labute approximate surface area is 128 Å². The molecule has 22 heavy (non-hydrogen) atoms. The van der Waals surface area contributed by atoms with Gasteiger partial charge in [0.05, 0.1) is 4.90 Å². The lowest BCUT2D eigenvalue weighted by atomic mass is 9.94. The molecule has 1 atom stereocenters. The first-order valence-corrected chi connectivity index (χ1v) is 8.38. The summed E-state index contributed by atoms with van der Waals surface area (Å²) in [7, 11) is -3.24. The Balaban J connectivity index is 2.34. The van der Waals surface area contributed by atoms with Gasteiger partial charge in [0.25, 0.3) is 0 Å². The SMILES string of the molecule is CC(O)(C(=O)O)c1ccc(-c2ccc(S(C)(=O)=O)cc2)cc1. The quantitative estimate of drug-likeness (QED) is 0.899. The molecule has 116 valence electrons. The third-order valence-electron chi connectivity index (χ3n) is 3.48. The second-order valence-corrected chi connectivity index (χ2v) is 7.27. The van der Waals surface area contributed by atoms with Crippen LogP contribution >= 0.6 is 0 Å². The Bertz CT molecular complexity index is 787. The molecule has 2 N–H and O–H groups in total. The van der Waals surface area contributed by atoms with E-state index in [2.05, 4.69) is 0 Å². The number of carbonyl (C=O) groups is 1. The smallest absolute Gasteiger partial charge is 0.340 e. The number of benzene rings is 2. The van der Waals surface area contributed by atoms with Crippen LogP contribution in [0.2, 0.25) is 0 Å². The molecule has 2 rings (SSSR count). The summed E-state index contributed by atoms with van der Waals surface area (Å²) in [6.07, 6.45) is 1.14. The first-order valence-electron chi connectivity index (χ1n) is 6.49. The normalized spacial score (nSPS) is 14.3. The van der Waals surface area contributed by atoms with Gasteiger partial charge in [0.1, 0.15) is 0 Å². The van der Waals surface area contributed by atoms with Crippen LogP contribution in [0.5, 0.6) is 0 Å². The molecule has 0 aliphatic heterocycles. The maximum atomic E-state index is 11.4. The highest BCUT2D eigenvalue weighted by Crippen LogP contribution is 2.26. The molecule has 0 aromatic heterocycles. The fraction of sp³-hybridized carbons (Fsp3) is 0.188. The van der Waals surface area contributed by atoms with E-state index < -0.39 is 21.4 Å². The van der Waals surface area contributed by atoms with Gasteiger partial charge >= 0.3 is 5.97 Å². The Morgan fingerprint density at radius 1 is 0.955 bits per heavy atom. The molecule has 0 bridgehead atoms. The predicted molar refractivity (Wildman–Crippen MR) is 82.2 cm³/mol. The molecule has 0 saturated heterocycles. The molecule has 0 amide bonds. The fourth-order valence-corrected chi connectivity index (χ4v) is 2.64. The number of hydrogen-bond donors (Lipinski definition) is 2. The van der Waals surface area contributed by atoms with Crippen LogP contribution in [0.15, 0.2) is 53.4 Å². The van der Waals surface area contributed by atoms with Crippen molar-refractivity contribution in [2.45, 2.75) is 17.4 Å². The van der Waals surface area contributed by atoms with E-state index in [4.69, 9.17) is 5.11 Å². The molecule has 0 fully saturated rings. The highest BCUT2D eigenvalue weighted by Gasteiger charge is 2.31. The summed E-state index contributed by atoms with van der Waals surface area (Å²) in [6.45, 7) is 1.21. The van der Waals surface area contributed by atoms with Crippen LogP contribution in [-0.2, 0) is 20.2 Å². The molecule has 0 aliphatic carbocycles. The van der Waals surface area contributed by atoms with E-state index in [-0.39, 0.29) is 10.5 Å². The fourth-order valence-electron chi connectivity index (χ4n) is 2.01. The zero-order valence-electron chi connectivity index (χ0n) is 12.1. The summed E-state index contributed by atoms with van der Waals surface area (Å²) < 4.78 is 22.8. The zero-order chi connectivity index (χ0) is 16.5. The minimum absolute atomic E-state index is 0.238. The zero-order valence-corrected chi connectivity index (χ0v) is 13.0. The van der Waals surface area contributed by atoms with Crippen LogP contribution in [0.3, 0.4) is 0 Å². The molecule has 0 heterocycles. The van der Waals surface area contributed by atoms with Crippen molar-refractivity contribution in [3.05, 3.63) is 54.1 Å². The lowest BCUT2D eigenvalue weighted by molar-refractivity contribution is -0.157. The van der Waals surface area contributed by atoms with Crippen molar-refractivity contribution in [1.29, 1.82) is 0 Å². The van der Waals surface area contributed by atoms with Gasteiger partial charge in [-0.2, -0.15) is 0 Å². The second kappa shape index (κ2) is 5.55. The third kappa shape index (κ3) is 3.18. The van der Waals surface area contributed by atoms with Gasteiger partial charge in [-0.3, -0.25) is 0 Å².